The average Bonchev–Trinajstić information content (AvgIpc) is 3.12. The van der Waals surface area contributed by atoms with E-state index in [1.165, 1.54) is 20.2 Å². The van der Waals surface area contributed by atoms with Crippen LogP contribution in [0.15, 0.2) is 24.7 Å². The van der Waals surface area contributed by atoms with Crippen LogP contribution in [-0.2, 0) is 4.79 Å². The summed E-state index contributed by atoms with van der Waals surface area (Å²) in [6.45, 7) is 1.78. The van der Waals surface area contributed by atoms with Gasteiger partial charge in [-0.1, -0.05) is 11.6 Å². The summed E-state index contributed by atoms with van der Waals surface area (Å²) in [7, 11) is 1.39. The first-order valence-corrected chi connectivity index (χ1v) is 9.28. The summed E-state index contributed by atoms with van der Waals surface area (Å²) in [5, 5.41) is 15.2. The third-order valence-electron chi connectivity index (χ3n) is 4.30. The largest absolute Gasteiger partial charge is 0.465 e. The van der Waals surface area contributed by atoms with E-state index in [4.69, 9.17) is 16.7 Å². The van der Waals surface area contributed by atoms with Gasteiger partial charge >= 0.3 is 6.09 Å². The highest BCUT2D eigenvalue weighted by atomic mass is 35.5. The molecular weight excluding hydrogens is 417 g/mol. The molecule has 10 nitrogen and oxygen atoms in total. The van der Waals surface area contributed by atoms with Crippen molar-refractivity contribution < 1.29 is 19.1 Å². The van der Waals surface area contributed by atoms with E-state index in [1.807, 2.05) is 0 Å². The smallest absolute Gasteiger partial charge is 0.407 e. The predicted octanol–water partition coefficient (Wildman–Crippen LogP) is 2.34. The number of aromatic amines is 1. The summed E-state index contributed by atoms with van der Waals surface area (Å²) in [5.74, 6) is -1.07. The number of hydrogen-bond donors (Lipinski definition) is 4. The third kappa shape index (κ3) is 4.74. The lowest BCUT2D eigenvalue weighted by molar-refractivity contribution is -0.121. The molecule has 3 aromatic rings. The number of halogens is 2. The fourth-order valence-electron chi connectivity index (χ4n) is 2.63. The number of pyridine rings is 1. The van der Waals surface area contributed by atoms with Crippen LogP contribution in [-0.4, -0.2) is 68.1 Å². The Balaban J connectivity index is 1.73. The SMILES string of the molecule is C[C@H](Nc1nc(-c2c[nH]c3ncc(Cl)cc23)ncc1F)C(=O)NCCN(C)C(=O)O. The van der Waals surface area contributed by atoms with Gasteiger partial charge in [-0.3, -0.25) is 4.79 Å². The predicted molar refractivity (Wildman–Crippen MR) is 109 cm³/mol. The minimum atomic E-state index is -1.10. The van der Waals surface area contributed by atoms with Gasteiger partial charge < -0.3 is 25.6 Å². The second-order valence-electron chi connectivity index (χ2n) is 6.50. The molecule has 3 aromatic heterocycles. The van der Waals surface area contributed by atoms with E-state index in [9.17, 15) is 14.0 Å². The van der Waals surface area contributed by atoms with Crippen LogP contribution in [0.4, 0.5) is 15.0 Å². The summed E-state index contributed by atoms with van der Waals surface area (Å²) >= 11 is 6.00. The zero-order chi connectivity index (χ0) is 21.8. The average molecular weight is 436 g/mol. The van der Waals surface area contributed by atoms with Crippen molar-refractivity contribution in [3.63, 3.8) is 0 Å². The molecule has 3 heterocycles. The number of fused-ring (bicyclic) bond motifs is 1. The molecule has 0 aliphatic carbocycles. The van der Waals surface area contributed by atoms with E-state index in [-0.39, 0.29) is 24.7 Å². The van der Waals surface area contributed by atoms with Crippen LogP contribution in [0.5, 0.6) is 0 Å². The summed E-state index contributed by atoms with van der Waals surface area (Å²) in [4.78, 5) is 39.3. The van der Waals surface area contributed by atoms with Crippen molar-refractivity contribution in [1.29, 1.82) is 0 Å². The number of amides is 2. The monoisotopic (exact) mass is 435 g/mol. The van der Waals surface area contributed by atoms with Crippen molar-refractivity contribution in [1.82, 2.24) is 30.2 Å². The molecule has 2 amide bonds. The van der Waals surface area contributed by atoms with Gasteiger partial charge in [0.15, 0.2) is 17.5 Å². The van der Waals surface area contributed by atoms with E-state index >= 15 is 0 Å². The van der Waals surface area contributed by atoms with Gasteiger partial charge in [0.25, 0.3) is 0 Å². The molecule has 12 heteroatoms. The normalized spacial score (nSPS) is 11.9. The van der Waals surface area contributed by atoms with E-state index in [0.29, 0.717) is 21.6 Å². The third-order valence-corrected chi connectivity index (χ3v) is 4.51. The van der Waals surface area contributed by atoms with Crippen LogP contribution in [0, 0.1) is 5.82 Å². The number of carbonyl (C=O) groups excluding carboxylic acids is 1. The number of likely N-dealkylation sites (N-methyl/N-ethyl adjacent to an activating group) is 1. The Hall–Kier alpha value is -3.47. The fraction of sp³-hybridized carbons (Fsp3) is 0.278. The van der Waals surface area contributed by atoms with Crippen molar-refractivity contribution in [3.8, 4) is 11.4 Å². The van der Waals surface area contributed by atoms with Crippen LogP contribution in [0.3, 0.4) is 0 Å². The lowest BCUT2D eigenvalue weighted by atomic mass is 10.2. The van der Waals surface area contributed by atoms with Crippen LogP contribution in [0.2, 0.25) is 5.02 Å². The minimum absolute atomic E-state index is 0.119. The summed E-state index contributed by atoms with van der Waals surface area (Å²) in [5.41, 5.74) is 1.16. The Bertz CT molecular complexity index is 1090. The molecule has 0 spiro atoms. The molecule has 3 rings (SSSR count). The highest BCUT2D eigenvalue weighted by Gasteiger charge is 2.18. The first-order chi connectivity index (χ1) is 14.3. The number of rotatable bonds is 7. The number of H-pyrrole nitrogens is 1. The number of aromatic nitrogens is 4. The highest BCUT2D eigenvalue weighted by molar-refractivity contribution is 6.31. The van der Waals surface area contributed by atoms with Crippen LogP contribution in [0.25, 0.3) is 22.4 Å². The van der Waals surface area contributed by atoms with E-state index < -0.39 is 23.9 Å². The van der Waals surface area contributed by atoms with Gasteiger partial charge in [0.05, 0.1) is 11.2 Å². The molecule has 0 aliphatic rings. The molecule has 4 N–H and O–H groups in total. The first kappa shape index (κ1) is 21.2. The Morgan fingerprint density at radius 1 is 1.37 bits per heavy atom. The second-order valence-corrected chi connectivity index (χ2v) is 6.94. The maximum Gasteiger partial charge on any atom is 0.407 e. The van der Waals surface area contributed by atoms with Gasteiger partial charge in [0.1, 0.15) is 11.7 Å². The lowest BCUT2D eigenvalue weighted by Crippen LogP contribution is -2.42. The van der Waals surface area contributed by atoms with Crippen molar-refractivity contribution in [2.45, 2.75) is 13.0 Å². The van der Waals surface area contributed by atoms with Gasteiger partial charge in [-0.05, 0) is 13.0 Å². The molecule has 0 fully saturated rings. The van der Waals surface area contributed by atoms with Gasteiger partial charge in [-0.25, -0.2) is 24.1 Å². The van der Waals surface area contributed by atoms with Crippen molar-refractivity contribution in [2.75, 3.05) is 25.5 Å². The van der Waals surface area contributed by atoms with Crippen molar-refractivity contribution in [2.24, 2.45) is 0 Å². The summed E-state index contributed by atoms with van der Waals surface area (Å²) in [6.07, 6.45) is 3.05. The molecular formula is C18H19ClFN7O3. The Labute approximate surface area is 175 Å². The number of carbonyl (C=O) groups is 2. The van der Waals surface area contributed by atoms with E-state index in [0.717, 1.165) is 11.1 Å². The maximum absolute atomic E-state index is 14.2. The molecule has 0 saturated carbocycles. The number of nitrogens with zero attached hydrogens (tertiary/aromatic N) is 4. The summed E-state index contributed by atoms with van der Waals surface area (Å²) in [6, 6.07) is 0.871. The maximum atomic E-state index is 14.2. The Morgan fingerprint density at radius 3 is 2.87 bits per heavy atom. The molecule has 0 unspecified atom stereocenters. The first-order valence-electron chi connectivity index (χ1n) is 8.90. The Kier molecular flexibility index (Phi) is 6.31. The van der Waals surface area contributed by atoms with Crippen LogP contribution < -0.4 is 10.6 Å². The van der Waals surface area contributed by atoms with Gasteiger partial charge in [0, 0.05) is 43.5 Å². The summed E-state index contributed by atoms with van der Waals surface area (Å²) < 4.78 is 14.2. The number of carboxylic acid groups (broad SMARTS) is 1. The number of anilines is 1. The molecule has 0 saturated heterocycles. The minimum Gasteiger partial charge on any atom is -0.465 e. The van der Waals surface area contributed by atoms with Crippen LogP contribution >= 0.6 is 11.6 Å². The van der Waals surface area contributed by atoms with E-state index in [2.05, 4.69) is 30.6 Å². The fourth-order valence-corrected chi connectivity index (χ4v) is 2.79. The standard InChI is InChI=1S/C18H19ClFN7O3/c1-9(17(28)21-3-4-27(2)18(29)30)25-16-13(20)8-24-15(26-16)12-7-23-14-11(12)5-10(19)6-22-14/h5-9H,3-4H2,1-2H3,(H,21,28)(H,22,23)(H,29,30)(H,24,25,26)/t9-/m0/s1. The van der Waals surface area contributed by atoms with Crippen LogP contribution in [0.1, 0.15) is 6.92 Å². The lowest BCUT2D eigenvalue weighted by Gasteiger charge is -2.17. The molecule has 0 aromatic carbocycles. The molecule has 1 atom stereocenters. The van der Waals surface area contributed by atoms with E-state index in [1.54, 1.807) is 12.3 Å². The topological polar surface area (TPSA) is 136 Å². The van der Waals surface area contributed by atoms with Crippen molar-refractivity contribution >= 4 is 40.5 Å². The Morgan fingerprint density at radius 2 is 2.13 bits per heavy atom. The molecule has 0 bridgehead atoms. The highest BCUT2D eigenvalue weighted by Crippen LogP contribution is 2.28. The van der Waals surface area contributed by atoms with Crippen molar-refractivity contribution in [3.05, 3.63) is 35.5 Å². The second kappa shape index (κ2) is 8.91. The zero-order valence-corrected chi connectivity index (χ0v) is 16.9. The molecule has 0 aliphatic heterocycles. The molecule has 0 radical (unpaired) electrons. The molecule has 158 valence electrons. The zero-order valence-electron chi connectivity index (χ0n) is 16.1. The molecule has 30 heavy (non-hydrogen) atoms. The van der Waals surface area contributed by atoms with Gasteiger partial charge in [-0.2, -0.15) is 0 Å². The number of hydrogen-bond acceptors (Lipinski definition) is 6. The van der Waals surface area contributed by atoms with Gasteiger partial charge in [-0.15, -0.1) is 0 Å². The quantitative estimate of drug-likeness (QED) is 0.447. The van der Waals surface area contributed by atoms with Gasteiger partial charge in [0.2, 0.25) is 5.91 Å². The number of nitrogens with one attached hydrogen (secondary N) is 3.